The highest BCUT2D eigenvalue weighted by molar-refractivity contribution is 5.92. The van der Waals surface area contributed by atoms with E-state index in [4.69, 9.17) is 0 Å². The first-order chi connectivity index (χ1) is 13.5. The Morgan fingerprint density at radius 1 is 1.11 bits per heavy atom. The van der Waals surface area contributed by atoms with Crippen LogP contribution < -0.4 is 10.6 Å². The number of rotatable bonds is 6. The van der Waals surface area contributed by atoms with Crippen LogP contribution in [0.1, 0.15) is 30.5 Å². The molecule has 1 heterocycles. The van der Waals surface area contributed by atoms with Crippen LogP contribution in [0.5, 0.6) is 0 Å². The molecule has 2 aromatic rings. The summed E-state index contributed by atoms with van der Waals surface area (Å²) in [6.45, 7) is 6.20. The Kier molecular flexibility index (Phi) is 6.61. The summed E-state index contributed by atoms with van der Waals surface area (Å²) < 4.78 is 0. The van der Waals surface area contributed by atoms with E-state index in [1.807, 2.05) is 24.3 Å². The minimum atomic E-state index is -0.103. The van der Waals surface area contributed by atoms with Gasteiger partial charge in [0.25, 0.3) is 0 Å². The van der Waals surface area contributed by atoms with Gasteiger partial charge in [0.2, 0.25) is 11.8 Å². The Labute approximate surface area is 166 Å². The zero-order valence-electron chi connectivity index (χ0n) is 16.4. The van der Waals surface area contributed by atoms with Crippen molar-refractivity contribution >= 4 is 23.6 Å². The van der Waals surface area contributed by atoms with Crippen molar-refractivity contribution in [2.75, 3.05) is 18.4 Å². The second-order valence-corrected chi connectivity index (χ2v) is 7.22. The number of amides is 2. The van der Waals surface area contributed by atoms with Crippen molar-refractivity contribution < 1.29 is 9.59 Å². The van der Waals surface area contributed by atoms with Crippen LogP contribution in [-0.2, 0) is 22.6 Å². The van der Waals surface area contributed by atoms with E-state index in [0.29, 0.717) is 6.54 Å². The quantitative estimate of drug-likeness (QED) is 0.760. The summed E-state index contributed by atoms with van der Waals surface area (Å²) in [5.41, 5.74) is 4.47. The molecule has 1 unspecified atom stereocenters. The van der Waals surface area contributed by atoms with Gasteiger partial charge in [0, 0.05) is 44.4 Å². The smallest absolute Gasteiger partial charge is 0.244 e. The Morgan fingerprint density at radius 2 is 1.82 bits per heavy atom. The number of anilines is 1. The third-order valence-corrected chi connectivity index (χ3v) is 5.01. The Morgan fingerprint density at radius 3 is 2.54 bits per heavy atom. The van der Waals surface area contributed by atoms with Crippen LogP contribution in [0.3, 0.4) is 0 Å². The molecule has 28 heavy (non-hydrogen) atoms. The third-order valence-electron chi connectivity index (χ3n) is 5.01. The zero-order valence-corrected chi connectivity index (χ0v) is 16.4. The molecule has 5 heteroatoms. The molecule has 2 N–H and O–H groups in total. The Bertz CT molecular complexity index is 858. The summed E-state index contributed by atoms with van der Waals surface area (Å²) in [6.07, 6.45) is 4.38. The maximum Gasteiger partial charge on any atom is 0.244 e. The fourth-order valence-electron chi connectivity index (χ4n) is 3.38. The maximum atomic E-state index is 12.1. The third kappa shape index (κ3) is 5.54. The van der Waals surface area contributed by atoms with Crippen molar-refractivity contribution in [2.24, 2.45) is 0 Å². The van der Waals surface area contributed by atoms with Crippen molar-refractivity contribution in [1.29, 1.82) is 0 Å². The molecular weight excluding hydrogens is 350 g/mol. The van der Waals surface area contributed by atoms with Gasteiger partial charge in [0.05, 0.1) is 0 Å². The van der Waals surface area contributed by atoms with Gasteiger partial charge in [0.15, 0.2) is 0 Å². The minimum Gasteiger partial charge on any atom is -0.351 e. The second-order valence-electron chi connectivity index (χ2n) is 7.22. The Hall–Kier alpha value is -2.92. The molecule has 5 nitrogen and oxygen atoms in total. The number of carbonyl (C=O) groups excluding carboxylic acids is 2. The highest BCUT2D eigenvalue weighted by atomic mass is 16.2. The van der Waals surface area contributed by atoms with Crippen LogP contribution in [0.15, 0.2) is 54.6 Å². The second kappa shape index (κ2) is 9.33. The monoisotopic (exact) mass is 377 g/mol. The van der Waals surface area contributed by atoms with E-state index >= 15 is 0 Å². The van der Waals surface area contributed by atoms with Crippen LogP contribution in [-0.4, -0.2) is 35.8 Å². The van der Waals surface area contributed by atoms with Crippen molar-refractivity contribution in [1.82, 2.24) is 10.2 Å². The largest absolute Gasteiger partial charge is 0.351 e. The lowest BCUT2D eigenvalue weighted by molar-refractivity contribution is -0.116. The van der Waals surface area contributed by atoms with Gasteiger partial charge in [-0.25, -0.2) is 0 Å². The Balaban J connectivity index is 1.46. The fraction of sp³-hybridized carbons (Fsp3) is 0.304. The van der Waals surface area contributed by atoms with E-state index in [9.17, 15) is 9.59 Å². The van der Waals surface area contributed by atoms with Crippen molar-refractivity contribution in [3.63, 3.8) is 0 Å². The molecule has 1 aliphatic heterocycles. The van der Waals surface area contributed by atoms with Gasteiger partial charge < -0.3 is 10.6 Å². The predicted molar refractivity (Wildman–Crippen MR) is 113 cm³/mol. The summed E-state index contributed by atoms with van der Waals surface area (Å²) in [5.74, 6) is -0.204. The number of nitrogens with one attached hydrogen (secondary N) is 2. The molecular formula is C23H27N3O2. The van der Waals surface area contributed by atoms with Gasteiger partial charge in [-0.1, -0.05) is 36.4 Å². The van der Waals surface area contributed by atoms with Crippen LogP contribution in [0.4, 0.5) is 5.69 Å². The molecule has 1 aliphatic rings. The molecule has 0 saturated carbocycles. The number of carbonyl (C=O) groups is 2. The SMILES string of the molecule is CC(=O)Nc1ccc(/C=C/C(=O)NCC(C)N2CCc3ccccc3C2)cc1. The normalized spacial score (nSPS) is 15.1. The molecule has 146 valence electrons. The van der Waals surface area contributed by atoms with Crippen LogP contribution in [0, 0.1) is 0 Å². The average molecular weight is 377 g/mol. The molecule has 0 spiro atoms. The molecule has 0 radical (unpaired) electrons. The fourth-order valence-corrected chi connectivity index (χ4v) is 3.38. The van der Waals surface area contributed by atoms with Gasteiger partial charge in [0.1, 0.15) is 0 Å². The number of nitrogens with zero attached hydrogens (tertiary/aromatic N) is 1. The van der Waals surface area contributed by atoms with Gasteiger partial charge in [-0.2, -0.15) is 0 Å². The molecule has 2 aromatic carbocycles. The maximum absolute atomic E-state index is 12.1. The first-order valence-electron chi connectivity index (χ1n) is 9.65. The number of hydrogen-bond donors (Lipinski definition) is 2. The van der Waals surface area contributed by atoms with Crippen LogP contribution in [0.25, 0.3) is 6.08 Å². The van der Waals surface area contributed by atoms with Gasteiger partial charge in [-0.05, 0) is 48.2 Å². The van der Waals surface area contributed by atoms with E-state index in [1.165, 1.54) is 18.1 Å². The first-order valence-corrected chi connectivity index (χ1v) is 9.65. The highest BCUT2D eigenvalue weighted by Crippen LogP contribution is 2.20. The number of benzene rings is 2. The number of fused-ring (bicyclic) bond motifs is 1. The average Bonchev–Trinajstić information content (AvgIpc) is 2.70. The molecule has 0 aromatic heterocycles. The molecule has 3 rings (SSSR count). The van der Waals surface area contributed by atoms with Gasteiger partial charge >= 0.3 is 0 Å². The summed E-state index contributed by atoms with van der Waals surface area (Å²) >= 11 is 0. The van der Waals surface area contributed by atoms with Gasteiger partial charge in [-0.15, -0.1) is 0 Å². The van der Waals surface area contributed by atoms with E-state index in [0.717, 1.165) is 30.8 Å². The molecule has 0 saturated heterocycles. The van der Waals surface area contributed by atoms with E-state index in [-0.39, 0.29) is 17.9 Å². The van der Waals surface area contributed by atoms with Crippen LogP contribution >= 0.6 is 0 Å². The lowest BCUT2D eigenvalue weighted by Crippen LogP contribution is -2.44. The molecule has 1 atom stereocenters. The molecule has 0 aliphatic carbocycles. The molecule has 2 amide bonds. The topological polar surface area (TPSA) is 61.4 Å². The summed E-state index contributed by atoms with van der Waals surface area (Å²) in [4.78, 5) is 25.6. The molecule has 0 bridgehead atoms. The minimum absolute atomic E-state index is 0.102. The molecule has 0 fully saturated rings. The van der Waals surface area contributed by atoms with Crippen LogP contribution in [0.2, 0.25) is 0 Å². The van der Waals surface area contributed by atoms with E-state index in [2.05, 4.69) is 46.7 Å². The summed E-state index contributed by atoms with van der Waals surface area (Å²) in [7, 11) is 0. The lowest BCUT2D eigenvalue weighted by atomic mass is 9.99. The van der Waals surface area contributed by atoms with E-state index in [1.54, 1.807) is 12.2 Å². The summed E-state index contributed by atoms with van der Waals surface area (Å²) in [5, 5.41) is 5.71. The lowest BCUT2D eigenvalue weighted by Gasteiger charge is -2.33. The zero-order chi connectivity index (χ0) is 19.9. The van der Waals surface area contributed by atoms with Gasteiger partial charge in [-0.3, -0.25) is 14.5 Å². The first kappa shape index (κ1) is 19.8. The standard InChI is InChI=1S/C23H27N3O2/c1-17(26-14-13-20-5-3-4-6-21(20)16-26)15-24-23(28)12-9-19-7-10-22(11-8-19)25-18(2)27/h3-12,17H,13-16H2,1-2H3,(H,24,28)(H,25,27)/b12-9+. The summed E-state index contributed by atoms with van der Waals surface area (Å²) in [6, 6.07) is 16.2. The van der Waals surface area contributed by atoms with Crippen molar-refractivity contribution in [3.8, 4) is 0 Å². The highest BCUT2D eigenvalue weighted by Gasteiger charge is 2.20. The number of hydrogen-bond acceptors (Lipinski definition) is 3. The predicted octanol–water partition coefficient (Wildman–Crippen LogP) is 3.22. The van der Waals surface area contributed by atoms with E-state index < -0.39 is 0 Å². The van der Waals surface area contributed by atoms with Crippen molar-refractivity contribution in [2.45, 2.75) is 32.9 Å². The van der Waals surface area contributed by atoms with Crippen molar-refractivity contribution in [3.05, 3.63) is 71.3 Å².